The first-order valence-electron chi connectivity index (χ1n) is 6.24. The van der Waals surface area contributed by atoms with Crippen molar-refractivity contribution in [2.24, 2.45) is 11.7 Å². The number of amides is 1. The molecule has 0 fully saturated rings. The Kier molecular flexibility index (Phi) is 8.87. The number of nitrogens with two attached hydrogens (primary N) is 1. The van der Waals surface area contributed by atoms with E-state index in [4.69, 9.17) is 22.7 Å². The van der Waals surface area contributed by atoms with Crippen molar-refractivity contribution in [3.05, 3.63) is 0 Å². The van der Waals surface area contributed by atoms with E-state index in [1.165, 1.54) is 0 Å². The van der Waals surface area contributed by atoms with E-state index >= 15 is 0 Å². The highest BCUT2D eigenvalue weighted by molar-refractivity contribution is 7.80. The van der Waals surface area contributed by atoms with E-state index in [1.807, 2.05) is 20.8 Å². The van der Waals surface area contributed by atoms with Crippen molar-refractivity contribution >= 4 is 23.1 Å². The molecule has 0 aromatic rings. The summed E-state index contributed by atoms with van der Waals surface area (Å²) in [5.74, 6) is 0.109. The van der Waals surface area contributed by atoms with E-state index in [0.717, 1.165) is 6.54 Å². The molecule has 0 heterocycles. The molecule has 1 amide bonds. The van der Waals surface area contributed by atoms with Crippen molar-refractivity contribution in [1.29, 1.82) is 0 Å². The quantitative estimate of drug-likeness (QED) is 0.470. The zero-order chi connectivity index (χ0) is 14.1. The van der Waals surface area contributed by atoms with E-state index in [1.54, 1.807) is 7.11 Å². The number of rotatable bonds is 9. The van der Waals surface area contributed by atoms with Crippen LogP contribution in [0.25, 0.3) is 0 Å². The molecule has 0 radical (unpaired) electrons. The van der Waals surface area contributed by atoms with Crippen LogP contribution in [0.5, 0.6) is 0 Å². The third-order valence-corrected chi connectivity index (χ3v) is 3.34. The molecule has 5 nitrogen and oxygen atoms in total. The second-order valence-corrected chi connectivity index (χ2v) is 4.82. The van der Waals surface area contributed by atoms with Crippen LogP contribution in [-0.4, -0.2) is 55.2 Å². The number of likely N-dealkylation sites (N-methyl/N-ethyl adjacent to an activating group) is 1. The van der Waals surface area contributed by atoms with Crippen LogP contribution in [0.15, 0.2) is 0 Å². The molecule has 0 saturated heterocycles. The van der Waals surface area contributed by atoms with Gasteiger partial charge in [0.05, 0.1) is 17.6 Å². The summed E-state index contributed by atoms with van der Waals surface area (Å²) in [6.45, 7) is 8.41. The Morgan fingerprint density at radius 1 is 1.50 bits per heavy atom. The van der Waals surface area contributed by atoms with Crippen LogP contribution >= 0.6 is 12.2 Å². The minimum Gasteiger partial charge on any atom is -0.393 e. The predicted octanol–water partition coefficient (Wildman–Crippen LogP) is 0.382. The largest absolute Gasteiger partial charge is 0.393 e. The zero-order valence-electron chi connectivity index (χ0n) is 11.7. The van der Waals surface area contributed by atoms with E-state index in [-0.39, 0.29) is 17.9 Å². The van der Waals surface area contributed by atoms with E-state index in [9.17, 15) is 4.79 Å². The maximum atomic E-state index is 11.9. The maximum Gasteiger partial charge on any atom is 0.237 e. The molecule has 0 spiro atoms. The van der Waals surface area contributed by atoms with Gasteiger partial charge in [0, 0.05) is 26.1 Å². The molecular weight excluding hydrogens is 250 g/mol. The molecule has 18 heavy (non-hydrogen) atoms. The Morgan fingerprint density at radius 3 is 2.56 bits per heavy atom. The van der Waals surface area contributed by atoms with Crippen molar-refractivity contribution in [2.75, 3.05) is 33.4 Å². The number of carbonyl (C=O) groups is 1. The Bertz CT molecular complexity index is 274. The van der Waals surface area contributed by atoms with Crippen molar-refractivity contribution in [3.63, 3.8) is 0 Å². The predicted molar refractivity (Wildman–Crippen MR) is 77.5 cm³/mol. The number of methoxy groups -OCH3 is 1. The monoisotopic (exact) mass is 275 g/mol. The Hall–Kier alpha value is -0.720. The Balaban J connectivity index is 4.28. The molecular formula is C12H25N3O2S. The van der Waals surface area contributed by atoms with Crippen LogP contribution in [0.1, 0.15) is 20.8 Å². The molecule has 0 aliphatic rings. The van der Waals surface area contributed by atoms with Gasteiger partial charge in [-0.25, -0.2) is 0 Å². The van der Waals surface area contributed by atoms with Gasteiger partial charge in [-0.1, -0.05) is 26.1 Å². The molecule has 0 rings (SSSR count). The van der Waals surface area contributed by atoms with Gasteiger partial charge in [-0.2, -0.15) is 0 Å². The van der Waals surface area contributed by atoms with Gasteiger partial charge in [0.2, 0.25) is 5.91 Å². The standard InChI is InChI=1S/C12H25N3O2S/c1-5-15(8-9(2)11(13)18)10(3)12(16)14-6-7-17-4/h9-10H,5-8H2,1-4H3,(H2,13,18)(H,14,16). The number of nitrogens with zero attached hydrogens (tertiary/aromatic N) is 1. The highest BCUT2D eigenvalue weighted by Gasteiger charge is 2.21. The van der Waals surface area contributed by atoms with Crippen LogP contribution in [-0.2, 0) is 9.53 Å². The molecule has 2 unspecified atom stereocenters. The van der Waals surface area contributed by atoms with Gasteiger partial charge in [0.1, 0.15) is 0 Å². The van der Waals surface area contributed by atoms with Crippen LogP contribution in [0.4, 0.5) is 0 Å². The normalized spacial score (nSPS) is 14.3. The lowest BCUT2D eigenvalue weighted by Crippen LogP contribution is -2.48. The first-order chi connectivity index (χ1) is 8.43. The molecule has 2 atom stereocenters. The SMILES string of the molecule is CCN(CC(C)C(N)=S)C(C)C(=O)NCCOC. The third kappa shape index (κ3) is 6.28. The summed E-state index contributed by atoms with van der Waals surface area (Å²) in [5, 5.41) is 2.83. The molecule has 0 aliphatic heterocycles. The second-order valence-electron chi connectivity index (χ2n) is 4.35. The van der Waals surface area contributed by atoms with Crippen molar-refractivity contribution in [3.8, 4) is 0 Å². The molecule has 3 N–H and O–H groups in total. The third-order valence-electron chi connectivity index (χ3n) is 2.93. The van der Waals surface area contributed by atoms with E-state index in [2.05, 4.69) is 10.2 Å². The minimum absolute atomic E-state index is 0.00374. The topological polar surface area (TPSA) is 67.6 Å². The summed E-state index contributed by atoms with van der Waals surface area (Å²) >= 11 is 4.96. The van der Waals surface area contributed by atoms with Crippen LogP contribution in [0, 0.1) is 5.92 Å². The van der Waals surface area contributed by atoms with Gasteiger partial charge >= 0.3 is 0 Å². The molecule has 0 bridgehead atoms. The highest BCUT2D eigenvalue weighted by atomic mass is 32.1. The number of nitrogens with one attached hydrogen (secondary N) is 1. The van der Waals surface area contributed by atoms with Gasteiger partial charge in [0.15, 0.2) is 0 Å². The van der Waals surface area contributed by atoms with Crippen LogP contribution < -0.4 is 11.1 Å². The number of hydrogen-bond acceptors (Lipinski definition) is 4. The molecule has 0 aromatic heterocycles. The van der Waals surface area contributed by atoms with Gasteiger partial charge in [0.25, 0.3) is 0 Å². The van der Waals surface area contributed by atoms with Gasteiger partial charge < -0.3 is 15.8 Å². The Morgan fingerprint density at radius 2 is 2.11 bits per heavy atom. The molecule has 0 aliphatic carbocycles. The fourth-order valence-electron chi connectivity index (χ4n) is 1.59. The fraction of sp³-hybridized carbons (Fsp3) is 0.833. The lowest BCUT2D eigenvalue weighted by molar-refractivity contribution is -0.126. The summed E-state index contributed by atoms with van der Waals surface area (Å²) < 4.78 is 4.89. The number of hydrogen-bond donors (Lipinski definition) is 2. The Labute approximate surface area is 115 Å². The summed E-state index contributed by atoms with van der Waals surface area (Å²) in [5.41, 5.74) is 5.60. The van der Waals surface area contributed by atoms with Gasteiger partial charge in [-0.15, -0.1) is 0 Å². The van der Waals surface area contributed by atoms with E-state index < -0.39 is 0 Å². The average molecular weight is 275 g/mol. The van der Waals surface area contributed by atoms with Crippen molar-refractivity contribution in [2.45, 2.75) is 26.8 Å². The summed E-state index contributed by atoms with van der Waals surface area (Å²) in [4.78, 5) is 14.4. The lowest BCUT2D eigenvalue weighted by atomic mass is 10.1. The highest BCUT2D eigenvalue weighted by Crippen LogP contribution is 2.05. The number of carbonyl (C=O) groups excluding carboxylic acids is 1. The summed E-state index contributed by atoms with van der Waals surface area (Å²) in [7, 11) is 1.61. The number of ether oxygens (including phenoxy) is 1. The average Bonchev–Trinajstić information content (AvgIpc) is 2.34. The van der Waals surface area contributed by atoms with Gasteiger partial charge in [-0.3, -0.25) is 9.69 Å². The maximum absolute atomic E-state index is 11.9. The molecule has 6 heteroatoms. The summed E-state index contributed by atoms with van der Waals surface area (Å²) in [6.07, 6.45) is 0. The minimum atomic E-state index is -0.191. The molecule has 106 valence electrons. The van der Waals surface area contributed by atoms with E-state index in [0.29, 0.717) is 24.7 Å². The van der Waals surface area contributed by atoms with Crippen molar-refractivity contribution in [1.82, 2.24) is 10.2 Å². The first kappa shape index (κ1) is 17.3. The van der Waals surface area contributed by atoms with Crippen LogP contribution in [0.3, 0.4) is 0 Å². The second kappa shape index (κ2) is 9.24. The zero-order valence-corrected chi connectivity index (χ0v) is 12.5. The fourth-order valence-corrected chi connectivity index (χ4v) is 1.67. The number of thiocarbonyl (C=S) groups is 1. The van der Waals surface area contributed by atoms with Crippen molar-refractivity contribution < 1.29 is 9.53 Å². The summed E-state index contributed by atoms with van der Waals surface area (Å²) in [6, 6.07) is -0.191. The molecule has 0 aromatic carbocycles. The van der Waals surface area contributed by atoms with Gasteiger partial charge in [-0.05, 0) is 13.5 Å². The van der Waals surface area contributed by atoms with Crippen LogP contribution in [0.2, 0.25) is 0 Å². The first-order valence-corrected chi connectivity index (χ1v) is 6.64. The lowest BCUT2D eigenvalue weighted by Gasteiger charge is -2.29. The molecule has 0 saturated carbocycles. The smallest absolute Gasteiger partial charge is 0.237 e.